The molecule has 0 aromatic heterocycles. The van der Waals surface area contributed by atoms with Gasteiger partial charge in [-0.05, 0) is 24.5 Å². The van der Waals surface area contributed by atoms with E-state index in [2.05, 4.69) is 6.92 Å². The van der Waals surface area contributed by atoms with Crippen LogP contribution in [0.15, 0.2) is 18.2 Å². The topological polar surface area (TPSA) is 20.2 Å². The van der Waals surface area contributed by atoms with Gasteiger partial charge >= 0.3 is 0 Å². The molecular formula is C9H11O. The number of rotatable bonds is 1. The summed E-state index contributed by atoms with van der Waals surface area (Å²) in [5.74, 6) is 0.338. The fourth-order valence-corrected chi connectivity index (χ4v) is 0.930. The normalized spacial score (nSPS) is 9.80. The van der Waals surface area contributed by atoms with Gasteiger partial charge in [0.05, 0.1) is 0 Å². The first kappa shape index (κ1) is 7.13. The van der Waals surface area contributed by atoms with Gasteiger partial charge in [-0.3, -0.25) is 0 Å². The Hall–Kier alpha value is -0.980. The van der Waals surface area contributed by atoms with E-state index < -0.39 is 0 Å². The first-order valence-corrected chi connectivity index (χ1v) is 3.38. The van der Waals surface area contributed by atoms with Gasteiger partial charge < -0.3 is 5.11 Å². The zero-order valence-corrected chi connectivity index (χ0v) is 6.09. The van der Waals surface area contributed by atoms with Crippen LogP contribution < -0.4 is 0 Å². The van der Waals surface area contributed by atoms with Gasteiger partial charge in [-0.15, -0.1) is 0 Å². The molecule has 1 aromatic carbocycles. The van der Waals surface area contributed by atoms with Gasteiger partial charge in [0, 0.05) is 0 Å². The quantitative estimate of drug-likeness (QED) is 0.625. The van der Waals surface area contributed by atoms with Crippen molar-refractivity contribution in [2.45, 2.75) is 13.3 Å². The van der Waals surface area contributed by atoms with Crippen LogP contribution in [0.5, 0.6) is 5.75 Å². The average molecular weight is 135 g/mol. The van der Waals surface area contributed by atoms with Crippen LogP contribution in [-0.4, -0.2) is 5.11 Å². The van der Waals surface area contributed by atoms with Gasteiger partial charge in [-0.1, -0.05) is 25.1 Å². The zero-order chi connectivity index (χ0) is 7.56. The van der Waals surface area contributed by atoms with Gasteiger partial charge in [0.2, 0.25) is 0 Å². The van der Waals surface area contributed by atoms with Crippen molar-refractivity contribution in [3.05, 3.63) is 36.2 Å². The second-order valence-corrected chi connectivity index (χ2v) is 2.28. The standard InChI is InChI=1S/C9H11O/c1-3-8-6-4-5-7(2)9(8)10/h4-6,10H,2-3H2,1H3. The Morgan fingerprint density at radius 2 is 2.20 bits per heavy atom. The molecule has 0 saturated carbocycles. The van der Waals surface area contributed by atoms with E-state index in [4.69, 9.17) is 0 Å². The molecule has 0 spiro atoms. The van der Waals surface area contributed by atoms with Crippen LogP contribution in [0.25, 0.3) is 0 Å². The molecule has 53 valence electrons. The van der Waals surface area contributed by atoms with Crippen LogP contribution in [0.3, 0.4) is 0 Å². The highest BCUT2D eigenvalue weighted by molar-refractivity contribution is 5.41. The maximum atomic E-state index is 9.34. The van der Waals surface area contributed by atoms with Gasteiger partial charge in [-0.2, -0.15) is 0 Å². The van der Waals surface area contributed by atoms with Crippen molar-refractivity contribution in [1.29, 1.82) is 0 Å². The van der Waals surface area contributed by atoms with E-state index in [1.54, 1.807) is 6.07 Å². The minimum absolute atomic E-state index is 0.338. The van der Waals surface area contributed by atoms with Crippen LogP contribution >= 0.6 is 0 Å². The lowest BCUT2D eigenvalue weighted by Gasteiger charge is -2.02. The van der Waals surface area contributed by atoms with E-state index in [1.807, 2.05) is 19.1 Å². The minimum atomic E-state index is 0.338. The summed E-state index contributed by atoms with van der Waals surface area (Å²) in [7, 11) is 0. The predicted octanol–water partition coefficient (Wildman–Crippen LogP) is 2.14. The van der Waals surface area contributed by atoms with Crippen LogP contribution in [0.2, 0.25) is 0 Å². The molecule has 1 radical (unpaired) electrons. The minimum Gasteiger partial charge on any atom is -0.507 e. The molecular weight excluding hydrogens is 124 g/mol. The summed E-state index contributed by atoms with van der Waals surface area (Å²) < 4.78 is 0. The Labute approximate surface area is 61.3 Å². The van der Waals surface area contributed by atoms with Crippen molar-refractivity contribution in [2.75, 3.05) is 0 Å². The molecule has 1 N–H and O–H groups in total. The third kappa shape index (κ3) is 1.13. The summed E-state index contributed by atoms with van der Waals surface area (Å²) in [5, 5.41) is 9.34. The van der Waals surface area contributed by atoms with E-state index in [-0.39, 0.29) is 0 Å². The molecule has 1 nitrogen and oxygen atoms in total. The first-order chi connectivity index (χ1) is 4.75. The Morgan fingerprint density at radius 1 is 1.50 bits per heavy atom. The third-order valence-corrected chi connectivity index (χ3v) is 1.58. The van der Waals surface area contributed by atoms with Crippen molar-refractivity contribution in [1.82, 2.24) is 0 Å². The van der Waals surface area contributed by atoms with E-state index >= 15 is 0 Å². The van der Waals surface area contributed by atoms with Gasteiger partial charge in [0.1, 0.15) is 5.75 Å². The Kier molecular flexibility index (Phi) is 1.95. The summed E-state index contributed by atoms with van der Waals surface area (Å²) in [4.78, 5) is 0. The molecule has 0 fully saturated rings. The molecule has 0 aliphatic heterocycles. The maximum absolute atomic E-state index is 9.34. The molecule has 0 aliphatic carbocycles. The molecule has 0 heterocycles. The number of phenolic OH excluding ortho intramolecular Hbond substituents is 1. The summed E-state index contributed by atoms with van der Waals surface area (Å²) in [6.45, 7) is 5.69. The Morgan fingerprint density at radius 3 is 2.70 bits per heavy atom. The Bertz CT molecular complexity index is 228. The first-order valence-electron chi connectivity index (χ1n) is 3.38. The van der Waals surface area contributed by atoms with Gasteiger partial charge in [0.25, 0.3) is 0 Å². The fraction of sp³-hybridized carbons (Fsp3) is 0.222. The summed E-state index contributed by atoms with van der Waals surface area (Å²) in [6, 6.07) is 5.61. The largest absolute Gasteiger partial charge is 0.507 e. The molecule has 1 heteroatoms. The summed E-state index contributed by atoms with van der Waals surface area (Å²) >= 11 is 0. The number of aromatic hydroxyl groups is 1. The molecule has 0 aliphatic rings. The van der Waals surface area contributed by atoms with Gasteiger partial charge in [-0.25, -0.2) is 0 Å². The average Bonchev–Trinajstić information content (AvgIpc) is 1.95. The smallest absolute Gasteiger partial charge is 0.121 e. The lowest BCUT2D eigenvalue weighted by Crippen LogP contribution is -1.82. The number of para-hydroxylation sites is 1. The van der Waals surface area contributed by atoms with Crippen molar-refractivity contribution < 1.29 is 5.11 Å². The van der Waals surface area contributed by atoms with Crippen molar-refractivity contribution in [3.8, 4) is 5.75 Å². The van der Waals surface area contributed by atoms with E-state index in [1.165, 1.54) is 0 Å². The molecule has 0 saturated heterocycles. The molecule has 0 unspecified atom stereocenters. The molecule has 0 bridgehead atoms. The third-order valence-electron chi connectivity index (χ3n) is 1.58. The van der Waals surface area contributed by atoms with Crippen LogP contribution in [-0.2, 0) is 6.42 Å². The number of benzene rings is 1. The molecule has 0 amide bonds. The molecule has 1 aromatic rings. The fourth-order valence-electron chi connectivity index (χ4n) is 0.930. The maximum Gasteiger partial charge on any atom is 0.121 e. The monoisotopic (exact) mass is 135 g/mol. The summed E-state index contributed by atoms with van der Waals surface area (Å²) in [6.07, 6.45) is 0.856. The van der Waals surface area contributed by atoms with Crippen molar-refractivity contribution >= 4 is 0 Å². The number of hydrogen-bond acceptors (Lipinski definition) is 1. The second-order valence-electron chi connectivity index (χ2n) is 2.28. The van der Waals surface area contributed by atoms with Crippen molar-refractivity contribution in [3.63, 3.8) is 0 Å². The van der Waals surface area contributed by atoms with Crippen molar-refractivity contribution in [2.24, 2.45) is 0 Å². The summed E-state index contributed by atoms with van der Waals surface area (Å²) in [5.41, 5.74) is 1.67. The van der Waals surface area contributed by atoms with Gasteiger partial charge in [0.15, 0.2) is 0 Å². The number of hydrogen-bond donors (Lipinski definition) is 1. The highest BCUT2D eigenvalue weighted by Gasteiger charge is 1.98. The number of phenols is 1. The van der Waals surface area contributed by atoms with E-state index in [9.17, 15) is 5.11 Å². The highest BCUT2D eigenvalue weighted by atomic mass is 16.3. The van der Waals surface area contributed by atoms with Crippen LogP contribution in [0.4, 0.5) is 0 Å². The van der Waals surface area contributed by atoms with Crippen LogP contribution in [0.1, 0.15) is 18.1 Å². The van der Waals surface area contributed by atoms with Crippen LogP contribution in [0, 0.1) is 6.92 Å². The second kappa shape index (κ2) is 2.74. The lowest BCUT2D eigenvalue weighted by molar-refractivity contribution is 0.466. The molecule has 0 atom stereocenters. The molecule has 10 heavy (non-hydrogen) atoms. The highest BCUT2D eigenvalue weighted by Crippen LogP contribution is 2.21. The van der Waals surface area contributed by atoms with E-state index in [0.717, 1.165) is 12.0 Å². The SMILES string of the molecule is [CH2]c1cccc(CC)c1O. The predicted molar refractivity (Wildman–Crippen MR) is 41.9 cm³/mol. The zero-order valence-electron chi connectivity index (χ0n) is 6.09. The Balaban J connectivity index is 3.14. The lowest BCUT2D eigenvalue weighted by atomic mass is 10.1. The number of aryl methyl sites for hydroxylation is 1. The van der Waals surface area contributed by atoms with E-state index in [0.29, 0.717) is 11.3 Å². The molecule has 1 rings (SSSR count).